The average molecular weight is 330 g/mol. The summed E-state index contributed by atoms with van der Waals surface area (Å²) in [6.45, 7) is 6.31. The molecule has 0 saturated heterocycles. The first kappa shape index (κ1) is 18.0. The SMILES string of the molecule is Cn1nc(-c2ccccc2)cc1C(CN)CNC(=O)OC(C)(C)C. The summed E-state index contributed by atoms with van der Waals surface area (Å²) in [5.41, 5.74) is 8.31. The molecule has 0 spiro atoms. The zero-order valence-corrected chi connectivity index (χ0v) is 14.7. The maximum atomic E-state index is 11.8. The summed E-state index contributed by atoms with van der Waals surface area (Å²) in [4.78, 5) is 11.8. The zero-order chi connectivity index (χ0) is 17.7. The fourth-order valence-corrected chi connectivity index (χ4v) is 2.44. The molecule has 2 aromatic rings. The van der Waals surface area contributed by atoms with Gasteiger partial charge in [0.1, 0.15) is 5.60 Å². The van der Waals surface area contributed by atoms with Crippen molar-refractivity contribution in [1.29, 1.82) is 0 Å². The van der Waals surface area contributed by atoms with E-state index in [-0.39, 0.29) is 5.92 Å². The van der Waals surface area contributed by atoms with Crippen LogP contribution < -0.4 is 11.1 Å². The van der Waals surface area contributed by atoms with Crippen molar-refractivity contribution in [3.05, 3.63) is 42.1 Å². The lowest BCUT2D eigenvalue weighted by molar-refractivity contribution is 0.0524. The van der Waals surface area contributed by atoms with Gasteiger partial charge in [0, 0.05) is 37.3 Å². The van der Waals surface area contributed by atoms with Crippen LogP contribution in [0.2, 0.25) is 0 Å². The van der Waals surface area contributed by atoms with E-state index in [0.29, 0.717) is 13.1 Å². The van der Waals surface area contributed by atoms with Gasteiger partial charge in [0.25, 0.3) is 0 Å². The largest absolute Gasteiger partial charge is 0.444 e. The minimum absolute atomic E-state index is 0.0347. The van der Waals surface area contributed by atoms with Gasteiger partial charge in [-0.3, -0.25) is 4.68 Å². The molecule has 1 atom stereocenters. The first-order valence-electron chi connectivity index (χ1n) is 8.06. The standard InChI is InChI=1S/C18H26N4O2/c1-18(2,3)24-17(23)20-12-14(11-19)16-10-15(21-22(16)4)13-8-6-5-7-9-13/h5-10,14H,11-12,19H2,1-4H3,(H,20,23). The average Bonchev–Trinajstić information content (AvgIpc) is 2.89. The molecule has 1 aromatic heterocycles. The van der Waals surface area contributed by atoms with E-state index in [4.69, 9.17) is 10.5 Å². The van der Waals surface area contributed by atoms with Crippen molar-refractivity contribution in [2.45, 2.75) is 32.3 Å². The van der Waals surface area contributed by atoms with E-state index in [9.17, 15) is 4.79 Å². The molecular formula is C18H26N4O2. The number of rotatable bonds is 5. The van der Waals surface area contributed by atoms with Gasteiger partial charge in [-0.2, -0.15) is 5.10 Å². The normalized spacial score (nSPS) is 12.7. The van der Waals surface area contributed by atoms with Crippen LogP contribution in [-0.2, 0) is 11.8 Å². The highest BCUT2D eigenvalue weighted by atomic mass is 16.6. The van der Waals surface area contributed by atoms with Crippen LogP contribution in [0.3, 0.4) is 0 Å². The molecule has 3 N–H and O–H groups in total. The first-order valence-corrected chi connectivity index (χ1v) is 8.06. The van der Waals surface area contributed by atoms with Gasteiger partial charge in [0.15, 0.2) is 0 Å². The Labute approximate surface area is 143 Å². The Morgan fingerprint density at radius 2 is 2.00 bits per heavy atom. The minimum Gasteiger partial charge on any atom is -0.444 e. The smallest absolute Gasteiger partial charge is 0.407 e. The van der Waals surface area contributed by atoms with Crippen molar-refractivity contribution in [3.63, 3.8) is 0 Å². The fourth-order valence-electron chi connectivity index (χ4n) is 2.44. The summed E-state index contributed by atoms with van der Waals surface area (Å²) < 4.78 is 7.08. The number of nitrogens with zero attached hydrogens (tertiary/aromatic N) is 2. The molecule has 6 heteroatoms. The molecule has 1 heterocycles. The zero-order valence-electron chi connectivity index (χ0n) is 14.7. The number of alkyl carbamates (subject to hydrolysis) is 1. The van der Waals surface area contributed by atoms with Crippen LogP contribution in [0.4, 0.5) is 4.79 Å². The third-order valence-corrected chi connectivity index (χ3v) is 3.58. The molecule has 0 fully saturated rings. The molecule has 0 aliphatic rings. The second kappa shape index (κ2) is 7.49. The number of hydrogen-bond donors (Lipinski definition) is 2. The van der Waals surface area contributed by atoms with Gasteiger partial charge in [0.2, 0.25) is 0 Å². The number of benzene rings is 1. The van der Waals surface area contributed by atoms with Gasteiger partial charge in [-0.05, 0) is 26.8 Å². The Morgan fingerprint density at radius 1 is 1.33 bits per heavy atom. The number of ether oxygens (including phenoxy) is 1. The monoisotopic (exact) mass is 330 g/mol. The van der Waals surface area contributed by atoms with E-state index in [0.717, 1.165) is 17.0 Å². The fraction of sp³-hybridized carbons (Fsp3) is 0.444. The Hall–Kier alpha value is -2.34. The summed E-state index contributed by atoms with van der Waals surface area (Å²) in [5.74, 6) is -0.0347. The molecule has 0 aliphatic heterocycles. The van der Waals surface area contributed by atoms with Gasteiger partial charge in [-0.25, -0.2) is 4.79 Å². The van der Waals surface area contributed by atoms with Crippen molar-refractivity contribution < 1.29 is 9.53 Å². The summed E-state index contributed by atoms with van der Waals surface area (Å²) >= 11 is 0. The predicted molar refractivity (Wildman–Crippen MR) is 94.7 cm³/mol. The molecule has 0 bridgehead atoms. The summed E-state index contributed by atoms with van der Waals surface area (Å²) in [6, 6.07) is 12.0. The van der Waals surface area contributed by atoms with E-state index in [2.05, 4.69) is 10.4 Å². The van der Waals surface area contributed by atoms with Crippen LogP contribution in [0.1, 0.15) is 32.4 Å². The van der Waals surface area contributed by atoms with Crippen LogP contribution >= 0.6 is 0 Å². The van der Waals surface area contributed by atoms with Crippen molar-refractivity contribution in [1.82, 2.24) is 15.1 Å². The van der Waals surface area contributed by atoms with Crippen molar-refractivity contribution in [3.8, 4) is 11.3 Å². The van der Waals surface area contributed by atoms with Gasteiger partial charge < -0.3 is 15.8 Å². The molecule has 0 saturated carbocycles. The van der Waals surface area contributed by atoms with E-state index < -0.39 is 11.7 Å². The number of aromatic nitrogens is 2. The number of amides is 1. The second-order valence-corrected chi connectivity index (χ2v) is 6.76. The number of nitrogens with two attached hydrogens (primary N) is 1. The van der Waals surface area contributed by atoms with Gasteiger partial charge >= 0.3 is 6.09 Å². The summed E-state index contributed by atoms with van der Waals surface area (Å²) in [5, 5.41) is 7.34. The number of carbonyl (C=O) groups excluding carboxylic acids is 1. The van der Waals surface area contributed by atoms with Gasteiger partial charge in [-0.15, -0.1) is 0 Å². The lowest BCUT2D eigenvalue weighted by atomic mass is 10.0. The molecule has 1 amide bonds. The Kier molecular flexibility index (Phi) is 5.62. The van der Waals surface area contributed by atoms with E-state index >= 15 is 0 Å². The molecule has 6 nitrogen and oxygen atoms in total. The number of nitrogens with one attached hydrogen (secondary N) is 1. The summed E-state index contributed by atoms with van der Waals surface area (Å²) in [6.07, 6.45) is -0.439. The van der Waals surface area contributed by atoms with Crippen LogP contribution in [0, 0.1) is 0 Å². The quantitative estimate of drug-likeness (QED) is 0.883. The van der Waals surface area contributed by atoms with Crippen LogP contribution in [0.5, 0.6) is 0 Å². The summed E-state index contributed by atoms with van der Waals surface area (Å²) in [7, 11) is 1.89. The Morgan fingerprint density at radius 3 is 2.58 bits per heavy atom. The maximum absolute atomic E-state index is 11.8. The Balaban J connectivity index is 2.08. The Bertz CT molecular complexity index is 674. The molecule has 2 rings (SSSR count). The third kappa shape index (κ3) is 4.83. The topological polar surface area (TPSA) is 82.2 Å². The van der Waals surface area contributed by atoms with Gasteiger partial charge in [0.05, 0.1) is 5.69 Å². The predicted octanol–water partition coefficient (Wildman–Crippen LogP) is 2.65. The minimum atomic E-state index is -0.519. The van der Waals surface area contributed by atoms with E-state index in [1.54, 1.807) is 0 Å². The van der Waals surface area contributed by atoms with Crippen molar-refractivity contribution in [2.24, 2.45) is 12.8 Å². The molecule has 0 radical (unpaired) electrons. The van der Waals surface area contributed by atoms with E-state index in [1.165, 1.54) is 0 Å². The highest BCUT2D eigenvalue weighted by Gasteiger charge is 2.20. The molecule has 1 aromatic carbocycles. The van der Waals surface area contributed by atoms with Crippen molar-refractivity contribution in [2.75, 3.05) is 13.1 Å². The molecular weight excluding hydrogens is 304 g/mol. The second-order valence-electron chi connectivity index (χ2n) is 6.76. The number of carbonyl (C=O) groups is 1. The molecule has 0 aliphatic carbocycles. The van der Waals surface area contributed by atoms with Crippen molar-refractivity contribution >= 4 is 6.09 Å². The first-order chi connectivity index (χ1) is 11.3. The lowest BCUT2D eigenvalue weighted by Crippen LogP contribution is -2.36. The number of hydrogen-bond acceptors (Lipinski definition) is 4. The highest BCUT2D eigenvalue weighted by Crippen LogP contribution is 2.22. The van der Waals surface area contributed by atoms with Crippen LogP contribution in [0.25, 0.3) is 11.3 Å². The molecule has 1 unspecified atom stereocenters. The third-order valence-electron chi connectivity index (χ3n) is 3.58. The number of aryl methyl sites for hydroxylation is 1. The molecule has 24 heavy (non-hydrogen) atoms. The van der Waals surface area contributed by atoms with Gasteiger partial charge in [-0.1, -0.05) is 30.3 Å². The van der Waals surface area contributed by atoms with Crippen LogP contribution in [0.15, 0.2) is 36.4 Å². The van der Waals surface area contributed by atoms with E-state index in [1.807, 2.05) is 68.9 Å². The maximum Gasteiger partial charge on any atom is 0.407 e. The van der Waals surface area contributed by atoms with Crippen LogP contribution in [-0.4, -0.2) is 34.6 Å². The molecule has 130 valence electrons. The lowest BCUT2D eigenvalue weighted by Gasteiger charge is -2.21. The highest BCUT2D eigenvalue weighted by molar-refractivity contribution is 5.67.